The number of aliphatic hydroxyl groups excluding tert-OH is 7. The first kappa shape index (κ1) is 30.2. The highest BCUT2D eigenvalue weighted by atomic mass is 35.5. The van der Waals surface area contributed by atoms with E-state index in [2.05, 4.69) is 5.29 Å². The molecule has 3 rings (SSSR count). The first-order chi connectivity index (χ1) is 17.7. The van der Waals surface area contributed by atoms with Crippen LogP contribution in [0.3, 0.4) is 0 Å². The number of alkyl halides is 1. The number of aliphatic hydroxyl groups is 7. The van der Waals surface area contributed by atoms with E-state index in [0.717, 1.165) is 4.90 Å². The lowest BCUT2D eigenvalue weighted by molar-refractivity contribution is -0.348. The van der Waals surface area contributed by atoms with Crippen molar-refractivity contribution in [1.29, 1.82) is 0 Å². The molecule has 0 bridgehead atoms. The molecule has 3 aliphatic rings. The third kappa shape index (κ3) is 6.64. The number of halogens is 1. The zero-order chi connectivity index (χ0) is 27.3. The van der Waals surface area contributed by atoms with Crippen LogP contribution in [0.1, 0.15) is 0 Å². The van der Waals surface area contributed by atoms with E-state index >= 15 is 0 Å². The Morgan fingerprint density at radius 3 is 2.14 bits per heavy atom. The van der Waals surface area contributed by atoms with E-state index in [-0.39, 0.29) is 32.2 Å². The van der Waals surface area contributed by atoms with Gasteiger partial charge in [-0.3, -0.25) is 4.90 Å². The van der Waals surface area contributed by atoms with Gasteiger partial charge in [0.1, 0.15) is 48.8 Å². The van der Waals surface area contributed by atoms with Crippen molar-refractivity contribution >= 4 is 17.6 Å². The predicted molar refractivity (Wildman–Crippen MR) is 117 cm³/mol. The summed E-state index contributed by atoms with van der Waals surface area (Å²) in [6, 6.07) is -1.06. The van der Waals surface area contributed by atoms with Crippen molar-refractivity contribution in [3.05, 3.63) is 4.91 Å². The molecule has 7 N–H and O–H groups in total. The second-order valence-corrected chi connectivity index (χ2v) is 8.90. The predicted octanol–water partition coefficient (Wildman–Crippen LogP) is -4.37. The highest BCUT2D eigenvalue weighted by molar-refractivity contribution is 6.18. The average molecular weight is 562 g/mol. The molecule has 214 valence electrons. The monoisotopic (exact) mass is 561 g/mol. The van der Waals surface area contributed by atoms with E-state index in [1.165, 1.54) is 0 Å². The lowest BCUT2D eigenvalue weighted by Crippen LogP contribution is -2.68. The lowest BCUT2D eigenvalue weighted by atomic mass is 9.96. The van der Waals surface area contributed by atoms with Gasteiger partial charge in [-0.2, -0.15) is 5.01 Å². The molecule has 3 heterocycles. The number of hydrogen-bond acceptors (Lipinski definition) is 15. The summed E-state index contributed by atoms with van der Waals surface area (Å²) >= 11 is 5.63. The average Bonchev–Trinajstić information content (AvgIpc) is 3.42. The maximum atomic E-state index is 13.1. The molecule has 17 nitrogen and oxygen atoms in total. The van der Waals surface area contributed by atoms with Gasteiger partial charge < -0.3 is 59.4 Å². The van der Waals surface area contributed by atoms with E-state index in [1.54, 1.807) is 0 Å². The molecule has 0 saturated carbocycles. The van der Waals surface area contributed by atoms with Gasteiger partial charge in [-0.25, -0.2) is 4.79 Å². The third-order valence-corrected chi connectivity index (χ3v) is 6.35. The van der Waals surface area contributed by atoms with Crippen LogP contribution in [0.4, 0.5) is 4.79 Å². The topological polar surface area (TPSA) is 241 Å². The molecule has 10 atom stereocenters. The summed E-state index contributed by atoms with van der Waals surface area (Å²) in [7, 11) is 0. The second kappa shape index (κ2) is 13.7. The largest absolute Gasteiger partial charge is 0.394 e. The Bertz CT molecular complexity index is 747. The summed E-state index contributed by atoms with van der Waals surface area (Å²) in [6.45, 7) is -1.78. The van der Waals surface area contributed by atoms with Crippen molar-refractivity contribution in [3.63, 3.8) is 0 Å². The summed E-state index contributed by atoms with van der Waals surface area (Å²) in [5.74, 6) is -0.146. The molecule has 2 amide bonds. The van der Waals surface area contributed by atoms with E-state index < -0.39 is 86.9 Å². The minimum atomic E-state index is -1.91. The standard InChI is InChI=1S/C19H32ClN3O14/c20-1-2-23(21-32)19(31)22(5-10-33-3-4-34-10)17-14(29)13(28)16(9(7-25)35-17)37-18-15(30)12(27)11(26)8(6-24)36-18/h8-18,24-30H,1-7H2/t8-,9-,11-,12+,13-,14-,15-,16-,17?,18-/m1/s1. The van der Waals surface area contributed by atoms with E-state index in [9.17, 15) is 45.4 Å². The zero-order valence-electron chi connectivity index (χ0n) is 19.5. The second-order valence-electron chi connectivity index (χ2n) is 8.53. The van der Waals surface area contributed by atoms with Crippen LogP contribution in [0.5, 0.6) is 0 Å². The Morgan fingerprint density at radius 1 is 0.919 bits per heavy atom. The molecular formula is C19H32ClN3O14. The van der Waals surface area contributed by atoms with Gasteiger partial charge in [0.15, 0.2) is 18.8 Å². The maximum absolute atomic E-state index is 13.1. The molecule has 1 unspecified atom stereocenters. The van der Waals surface area contributed by atoms with Crippen LogP contribution >= 0.6 is 11.6 Å². The van der Waals surface area contributed by atoms with Crippen LogP contribution in [0.15, 0.2) is 5.29 Å². The third-order valence-electron chi connectivity index (χ3n) is 6.18. The first-order valence-corrected chi connectivity index (χ1v) is 12.0. The molecule has 3 aliphatic heterocycles. The number of hydrogen-bond donors (Lipinski definition) is 7. The van der Waals surface area contributed by atoms with Gasteiger partial charge in [-0.05, 0) is 0 Å². The number of urea groups is 1. The summed E-state index contributed by atoms with van der Waals surface area (Å²) in [5.41, 5.74) is 0. The van der Waals surface area contributed by atoms with Crippen molar-refractivity contribution in [1.82, 2.24) is 9.91 Å². The van der Waals surface area contributed by atoms with Gasteiger partial charge in [-0.15, -0.1) is 16.5 Å². The molecule has 0 radical (unpaired) electrons. The number of nitroso groups, excluding NO2 is 1. The minimum Gasteiger partial charge on any atom is -0.394 e. The smallest absolute Gasteiger partial charge is 0.345 e. The Balaban J connectivity index is 1.81. The Hall–Kier alpha value is -1.32. The van der Waals surface area contributed by atoms with Gasteiger partial charge in [0.25, 0.3) is 0 Å². The molecule has 0 aromatic carbocycles. The van der Waals surface area contributed by atoms with E-state index in [0.29, 0.717) is 5.01 Å². The summed E-state index contributed by atoms with van der Waals surface area (Å²) < 4.78 is 27.1. The normalized spacial score (nSPS) is 38.9. The molecule has 18 heteroatoms. The van der Waals surface area contributed by atoms with Gasteiger partial charge in [0, 0.05) is 5.88 Å². The van der Waals surface area contributed by atoms with Crippen molar-refractivity contribution < 1.29 is 64.2 Å². The Morgan fingerprint density at radius 2 is 1.57 bits per heavy atom. The highest BCUT2D eigenvalue weighted by Crippen LogP contribution is 2.31. The molecule has 3 fully saturated rings. The molecule has 0 aliphatic carbocycles. The van der Waals surface area contributed by atoms with Crippen LogP contribution in [-0.4, -0.2) is 165 Å². The van der Waals surface area contributed by atoms with Crippen molar-refractivity contribution in [2.45, 2.75) is 67.6 Å². The molecular weight excluding hydrogens is 530 g/mol. The quantitative estimate of drug-likeness (QED) is 0.0757. The molecule has 37 heavy (non-hydrogen) atoms. The van der Waals surface area contributed by atoms with E-state index in [4.69, 9.17) is 35.3 Å². The van der Waals surface area contributed by atoms with Crippen LogP contribution in [-0.2, 0) is 23.7 Å². The van der Waals surface area contributed by atoms with Crippen molar-refractivity contribution in [3.8, 4) is 0 Å². The number of carbonyl (C=O) groups is 1. The van der Waals surface area contributed by atoms with Crippen molar-refractivity contribution in [2.75, 3.05) is 45.4 Å². The van der Waals surface area contributed by atoms with Gasteiger partial charge in [0.2, 0.25) is 0 Å². The Labute approximate surface area is 215 Å². The summed E-state index contributed by atoms with van der Waals surface area (Å²) in [4.78, 5) is 25.1. The summed E-state index contributed by atoms with van der Waals surface area (Å²) in [5, 5.41) is 74.3. The fourth-order valence-electron chi connectivity index (χ4n) is 4.19. The van der Waals surface area contributed by atoms with Crippen molar-refractivity contribution in [2.24, 2.45) is 5.29 Å². The Kier molecular flexibility index (Phi) is 11.2. The van der Waals surface area contributed by atoms with Crippen LogP contribution in [0.25, 0.3) is 0 Å². The van der Waals surface area contributed by atoms with Gasteiger partial charge >= 0.3 is 6.03 Å². The fraction of sp³-hybridized carbons (Fsp3) is 0.947. The first-order valence-electron chi connectivity index (χ1n) is 11.5. The lowest BCUT2D eigenvalue weighted by Gasteiger charge is -2.48. The number of carbonyl (C=O) groups excluding carboxylic acids is 1. The number of rotatable bonds is 10. The SMILES string of the molecule is O=NN(CCCl)C(=O)N(CC1OCCO1)C1O[C@H](CO)[C@@H](O[C@H]2O[C@H](CO)[C@@H](O)[C@H](O)[C@H]2O)[C@H](O)[C@H]1O. The summed E-state index contributed by atoms with van der Waals surface area (Å²) in [6.07, 6.45) is -17.8. The van der Waals surface area contributed by atoms with Gasteiger partial charge in [-0.1, -0.05) is 0 Å². The number of amides is 2. The molecule has 3 saturated heterocycles. The minimum absolute atomic E-state index is 0.146. The van der Waals surface area contributed by atoms with Crippen LogP contribution in [0, 0.1) is 4.91 Å². The zero-order valence-corrected chi connectivity index (χ0v) is 20.3. The fourth-order valence-corrected chi connectivity index (χ4v) is 4.35. The molecule has 0 aromatic rings. The molecule has 0 aromatic heterocycles. The number of ether oxygens (including phenoxy) is 5. The highest BCUT2D eigenvalue weighted by Gasteiger charge is 2.52. The van der Waals surface area contributed by atoms with Crippen LogP contribution < -0.4 is 0 Å². The maximum Gasteiger partial charge on any atom is 0.345 e. The van der Waals surface area contributed by atoms with E-state index in [1.807, 2.05) is 0 Å². The molecule has 0 spiro atoms. The number of nitrogens with zero attached hydrogens (tertiary/aromatic N) is 3. The van der Waals surface area contributed by atoms with Gasteiger partial charge in [0.05, 0.1) is 44.8 Å². The van der Waals surface area contributed by atoms with Crippen LogP contribution in [0.2, 0.25) is 0 Å².